The zero-order valence-electron chi connectivity index (χ0n) is 11.1. The highest BCUT2D eigenvalue weighted by Gasteiger charge is 2.23. The van der Waals surface area contributed by atoms with Crippen molar-refractivity contribution < 1.29 is 4.79 Å². The van der Waals surface area contributed by atoms with E-state index in [0.717, 1.165) is 17.2 Å². The van der Waals surface area contributed by atoms with Crippen LogP contribution >= 0.6 is 11.3 Å². The molecule has 104 valence electrons. The molecule has 2 heterocycles. The molecular formula is C12H14N6OS. The highest BCUT2D eigenvalue weighted by Crippen LogP contribution is 2.37. The van der Waals surface area contributed by atoms with E-state index in [4.69, 9.17) is 16.7 Å². The van der Waals surface area contributed by atoms with Crippen molar-refractivity contribution in [3.05, 3.63) is 28.7 Å². The molecule has 0 atom stereocenters. The van der Waals surface area contributed by atoms with Gasteiger partial charge in [-0.1, -0.05) is 0 Å². The van der Waals surface area contributed by atoms with Crippen LogP contribution in [-0.2, 0) is 13.6 Å². The number of rotatable bonds is 4. The van der Waals surface area contributed by atoms with Crippen LogP contribution in [-0.4, -0.2) is 22.5 Å². The van der Waals surface area contributed by atoms with Gasteiger partial charge in [-0.2, -0.15) is 5.26 Å². The molecule has 4 N–H and O–H groups in total. The average molecular weight is 290 g/mol. The van der Waals surface area contributed by atoms with E-state index in [1.54, 1.807) is 13.2 Å². The summed E-state index contributed by atoms with van der Waals surface area (Å²) in [7, 11) is 3.68. The van der Waals surface area contributed by atoms with Crippen LogP contribution in [0.1, 0.15) is 21.1 Å². The molecule has 0 unspecified atom stereocenters. The molecule has 2 aromatic heterocycles. The van der Waals surface area contributed by atoms with Gasteiger partial charge in [-0.25, -0.2) is 4.98 Å². The largest absolute Gasteiger partial charge is 0.396 e. The van der Waals surface area contributed by atoms with Crippen LogP contribution in [0.2, 0.25) is 0 Å². The van der Waals surface area contributed by atoms with Gasteiger partial charge >= 0.3 is 0 Å². The normalized spacial score (nSPS) is 10.2. The fourth-order valence-corrected chi connectivity index (χ4v) is 2.84. The van der Waals surface area contributed by atoms with Crippen LogP contribution in [0.5, 0.6) is 0 Å². The Labute approximate surface area is 120 Å². The zero-order valence-corrected chi connectivity index (χ0v) is 11.9. The lowest BCUT2D eigenvalue weighted by Gasteiger charge is -2.18. The van der Waals surface area contributed by atoms with E-state index in [-0.39, 0.29) is 11.3 Å². The van der Waals surface area contributed by atoms with Crippen LogP contribution in [0.15, 0.2) is 12.4 Å². The van der Waals surface area contributed by atoms with Crippen molar-refractivity contribution in [2.24, 2.45) is 12.8 Å². The number of carbonyl (C=O) groups excluding carboxylic acids is 1. The molecule has 2 rings (SSSR count). The van der Waals surface area contributed by atoms with E-state index in [2.05, 4.69) is 4.98 Å². The van der Waals surface area contributed by atoms with Crippen LogP contribution in [0.3, 0.4) is 0 Å². The zero-order chi connectivity index (χ0) is 14.9. The van der Waals surface area contributed by atoms with E-state index in [9.17, 15) is 4.79 Å². The number of aromatic nitrogens is 2. The molecule has 0 aliphatic rings. The maximum Gasteiger partial charge on any atom is 0.253 e. The van der Waals surface area contributed by atoms with E-state index in [1.165, 1.54) is 0 Å². The van der Waals surface area contributed by atoms with Gasteiger partial charge in [0.15, 0.2) is 0 Å². The Bertz CT molecular complexity index is 695. The second-order valence-electron chi connectivity index (χ2n) is 4.31. The minimum Gasteiger partial charge on any atom is -0.396 e. The van der Waals surface area contributed by atoms with Crippen LogP contribution in [0.25, 0.3) is 0 Å². The molecule has 2 aromatic rings. The topological polar surface area (TPSA) is 114 Å². The summed E-state index contributed by atoms with van der Waals surface area (Å²) in [5, 5.41) is 9.59. The molecular weight excluding hydrogens is 276 g/mol. The minimum atomic E-state index is -0.637. The summed E-state index contributed by atoms with van der Waals surface area (Å²) in [6, 6.07) is 1.97. The number of amides is 1. The van der Waals surface area contributed by atoms with Crippen molar-refractivity contribution in [3.63, 3.8) is 0 Å². The number of imidazole rings is 1. The number of thiophene rings is 1. The number of hydrogen-bond acceptors (Lipinski definition) is 6. The first-order valence-electron chi connectivity index (χ1n) is 5.75. The van der Waals surface area contributed by atoms with Gasteiger partial charge in [-0.15, -0.1) is 11.3 Å². The molecule has 0 spiro atoms. The lowest BCUT2D eigenvalue weighted by Crippen LogP contribution is -2.22. The number of nitriles is 1. The minimum absolute atomic E-state index is 0.145. The first-order valence-corrected chi connectivity index (χ1v) is 6.56. The number of nitrogens with zero attached hydrogens (tertiary/aromatic N) is 4. The summed E-state index contributed by atoms with van der Waals surface area (Å²) in [6.45, 7) is 0.481. The predicted octanol–water partition coefficient (Wildman–Crippen LogP) is 0.671. The van der Waals surface area contributed by atoms with Gasteiger partial charge in [0, 0.05) is 26.5 Å². The maximum absolute atomic E-state index is 11.5. The van der Waals surface area contributed by atoms with Crippen molar-refractivity contribution in [2.75, 3.05) is 17.7 Å². The number of primary amides is 1. The lowest BCUT2D eigenvalue weighted by molar-refractivity contribution is 0.100. The first-order chi connectivity index (χ1) is 9.45. The third-order valence-corrected chi connectivity index (χ3v) is 4.15. The number of nitrogen functional groups attached to an aromatic ring is 1. The third kappa shape index (κ3) is 2.31. The second-order valence-corrected chi connectivity index (χ2v) is 5.31. The van der Waals surface area contributed by atoms with Gasteiger partial charge in [-0.05, 0) is 0 Å². The van der Waals surface area contributed by atoms with Gasteiger partial charge in [-0.3, -0.25) is 4.79 Å². The number of nitrogens with two attached hydrogens (primary N) is 2. The predicted molar refractivity (Wildman–Crippen MR) is 77.3 cm³/mol. The Kier molecular flexibility index (Phi) is 3.63. The highest BCUT2D eigenvalue weighted by molar-refractivity contribution is 7.17. The molecule has 0 saturated heterocycles. The Balaban J connectivity index is 2.40. The highest BCUT2D eigenvalue weighted by atomic mass is 32.1. The Morgan fingerprint density at radius 1 is 1.65 bits per heavy atom. The third-order valence-electron chi connectivity index (χ3n) is 2.92. The van der Waals surface area contributed by atoms with E-state index < -0.39 is 5.91 Å². The number of anilines is 2. The van der Waals surface area contributed by atoms with Crippen molar-refractivity contribution in [2.45, 2.75) is 6.54 Å². The van der Waals surface area contributed by atoms with Crippen LogP contribution in [0, 0.1) is 11.3 Å². The molecule has 0 aromatic carbocycles. The molecule has 0 bridgehead atoms. The van der Waals surface area contributed by atoms with Crippen molar-refractivity contribution in [3.8, 4) is 6.07 Å². The van der Waals surface area contributed by atoms with Gasteiger partial charge < -0.3 is 20.9 Å². The maximum atomic E-state index is 11.5. The molecule has 0 fully saturated rings. The van der Waals surface area contributed by atoms with Gasteiger partial charge in [0.05, 0.1) is 17.8 Å². The first kappa shape index (κ1) is 13.9. The molecule has 20 heavy (non-hydrogen) atoms. The molecule has 8 heteroatoms. The van der Waals surface area contributed by atoms with Gasteiger partial charge in [0.25, 0.3) is 5.91 Å². The number of carbonyl (C=O) groups is 1. The van der Waals surface area contributed by atoms with E-state index in [0.29, 0.717) is 16.4 Å². The molecule has 0 saturated carbocycles. The average Bonchev–Trinajstić information content (AvgIpc) is 2.93. The van der Waals surface area contributed by atoms with Crippen molar-refractivity contribution in [1.82, 2.24) is 9.55 Å². The van der Waals surface area contributed by atoms with Crippen LogP contribution < -0.4 is 16.4 Å². The SMILES string of the molecule is CN(Cc1nccn1C)c1sc(C#N)c(N)c1C(N)=O. The Morgan fingerprint density at radius 3 is 2.85 bits per heavy atom. The Morgan fingerprint density at radius 2 is 2.35 bits per heavy atom. The van der Waals surface area contributed by atoms with E-state index in [1.807, 2.05) is 28.8 Å². The summed E-state index contributed by atoms with van der Waals surface area (Å²) in [4.78, 5) is 17.9. The fourth-order valence-electron chi connectivity index (χ4n) is 1.85. The summed E-state index contributed by atoms with van der Waals surface area (Å²) in [6.07, 6.45) is 3.53. The lowest BCUT2D eigenvalue weighted by atomic mass is 10.2. The summed E-state index contributed by atoms with van der Waals surface area (Å²) >= 11 is 1.15. The van der Waals surface area contributed by atoms with Gasteiger partial charge in [0.1, 0.15) is 21.8 Å². The summed E-state index contributed by atoms with van der Waals surface area (Å²) in [5.41, 5.74) is 11.5. The Hall–Kier alpha value is -2.53. The monoisotopic (exact) mass is 290 g/mol. The molecule has 1 amide bonds. The van der Waals surface area contributed by atoms with Gasteiger partial charge in [0.2, 0.25) is 0 Å². The smallest absolute Gasteiger partial charge is 0.253 e. The van der Waals surface area contributed by atoms with Crippen molar-refractivity contribution >= 4 is 27.9 Å². The molecule has 0 aliphatic carbocycles. The molecule has 0 radical (unpaired) electrons. The van der Waals surface area contributed by atoms with E-state index >= 15 is 0 Å². The number of aryl methyl sites for hydroxylation is 1. The molecule has 7 nitrogen and oxygen atoms in total. The summed E-state index contributed by atoms with van der Waals surface area (Å²) < 4.78 is 1.88. The second kappa shape index (κ2) is 5.22. The summed E-state index contributed by atoms with van der Waals surface area (Å²) in [5.74, 6) is 0.190. The molecule has 0 aliphatic heterocycles. The fraction of sp³-hybridized carbons (Fsp3) is 0.250. The van der Waals surface area contributed by atoms with Crippen molar-refractivity contribution in [1.29, 1.82) is 5.26 Å². The quantitative estimate of drug-likeness (QED) is 0.859. The number of hydrogen-bond donors (Lipinski definition) is 2. The standard InChI is InChI=1S/C12H14N6OS/c1-17-4-3-16-8(17)6-18(2)12-9(11(15)19)10(14)7(5-13)20-12/h3-4H,6,14H2,1-2H3,(H2,15,19). The van der Waals surface area contributed by atoms with Crippen LogP contribution in [0.4, 0.5) is 10.7 Å².